The molecule has 3 aromatic rings. The van der Waals surface area contributed by atoms with Crippen molar-refractivity contribution in [1.82, 2.24) is 4.98 Å². The molecule has 0 radical (unpaired) electrons. The summed E-state index contributed by atoms with van der Waals surface area (Å²) in [7, 11) is 0. The number of rotatable bonds is 6. The largest absolute Gasteiger partial charge is 0.358 e. The monoisotopic (exact) mass is 382 g/mol. The highest BCUT2D eigenvalue weighted by molar-refractivity contribution is 8.00. The molecular weight excluding hydrogens is 367 g/mol. The average molecular weight is 383 g/mol. The molecule has 0 amide bonds. The molecule has 0 saturated carbocycles. The predicted octanol–water partition coefficient (Wildman–Crippen LogP) is 7.10. The molecule has 120 valence electrons. The second-order valence-electron chi connectivity index (χ2n) is 5.01. The molecule has 6 heteroatoms. The van der Waals surface area contributed by atoms with Crippen molar-refractivity contribution in [1.29, 1.82) is 0 Å². The quantitative estimate of drug-likeness (QED) is 0.351. The lowest BCUT2D eigenvalue weighted by atomic mass is 10.2. The Morgan fingerprint density at radius 3 is 2.48 bits per heavy atom. The van der Waals surface area contributed by atoms with Gasteiger partial charge in [-0.2, -0.15) is 0 Å². The Morgan fingerprint density at radius 1 is 1.00 bits per heavy atom. The lowest BCUT2D eigenvalue weighted by Gasteiger charge is -2.08. The van der Waals surface area contributed by atoms with E-state index in [1.54, 1.807) is 18.1 Å². The normalized spacial score (nSPS) is 11.1. The van der Waals surface area contributed by atoms with E-state index in [1.807, 2.05) is 23.9 Å². The van der Waals surface area contributed by atoms with E-state index in [0.29, 0.717) is 10.0 Å². The van der Waals surface area contributed by atoms with Crippen molar-refractivity contribution in [3.63, 3.8) is 0 Å². The molecule has 2 aromatic carbocycles. The summed E-state index contributed by atoms with van der Waals surface area (Å²) in [6.45, 7) is 2.20. The standard InChI is InChI=1S/C17H16Cl2N2S2/c1-2-9-22-11-3-5-12(6-4-11)23-21-15-8-7-13(18)16-14(19)10-20-17(15)16/h3-8,10,20-21H,2,9H2,1H3. The molecule has 23 heavy (non-hydrogen) atoms. The van der Waals surface area contributed by atoms with Crippen LogP contribution in [0.5, 0.6) is 0 Å². The van der Waals surface area contributed by atoms with Crippen LogP contribution in [-0.4, -0.2) is 10.7 Å². The summed E-state index contributed by atoms with van der Waals surface area (Å²) in [5.74, 6) is 1.15. The first-order valence-corrected chi connectivity index (χ1v) is 9.85. The van der Waals surface area contributed by atoms with E-state index in [0.717, 1.165) is 27.2 Å². The average Bonchev–Trinajstić information content (AvgIpc) is 2.96. The van der Waals surface area contributed by atoms with Crippen molar-refractivity contribution in [3.8, 4) is 0 Å². The summed E-state index contributed by atoms with van der Waals surface area (Å²) in [4.78, 5) is 5.64. The van der Waals surface area contributed by atoms with Crippen LogP contribution in [0.25, 0.3) is 10.9 Å². The Bertz CT molecular complexity index is 800. The minimum Gasteiger partial charge on any atom is -0.358 e. The van der Waals surface area contributed by atoms with Crippen molar-refractivity contribution in [3.05, 3.63) is 52.6 Å². The van der Waals surface area contributed by atoms with E-state index in [4.69, 9.17) is 23.2 Å². The van der Waals surface area contributed by atoms with Crippen molar-refractivity contribution in [2.75, 3.05) is 10.5 Å². The summed E-state index contributed by atoms with van der Waals surface area (Å²) in [6, 6.07) is 12.4. The van der Waals surface area contributed by atoms with Gasteiger partial charge in [0.1, 0.15) is 0 Å². The van der Waals surface area contributed by atoms with E-state index in [-0.39, 0.29) is 0 Å². The molecule has 0 bridgehead atoms. The number of nitrogens with one attached hydrogen (secondary N) is 2. The lowest BCUT2D eigenvalue weighted by Crippen LogP contribution is -1.88. The molecule has 0 saturated heterocycles. The van der Waals surface area contributed by atoms with Crippen molar-refractivity contribution in [2.45, 2.75) is 23.1 Å². The number of hydrogen-bond donors (Lipinski definition) is 2. The van der Waals surface area contributed by atoms with Gasteiger partial charge in [-0.15, -0.1) is 11.8 Å². The summed E-state index contributed by atoms with van der Waals surface area (Å²) in [5.41, 5.74) is 1.89. The van der Waals surface area contributed by atoms with Gasteiger partial charge in [0.2, 0.25) is 0 Å². The molecule has 2 N–H and O–H groups in total. The van der Waals surface area contributed by atoms with Crippen molar-refractivity contribution >= 4 is 63.5 Å². The Kier molecular flexibility index (Phi) is 5.70. The fourth-order valence-electron chi connectivity index (χ4n) is 2.19. The van der Waals surface area contributed by atoms with E-state index < -0.39 is 0 Å². The minimum atomic E-state index is 0.635. The number of benzene rings is 2. The number of hydrogen-bond acceptors (Lipinski definition) is 3. The zero-order chi connectivity index (χ0) is 16.2. The van der Waals surface area contributed by atoms with Crippen molar-refractivity contribution in [2.24, 2.45) is 0 Å². The molecule has 0 fully saturated rings. The predicted molar refractivity (Wildman–Crippen MR) is 105 cm³/mol. The van der Waals surface area contributed by atoms with Gasteiger partial charge >= 0.3 is 0 Å². The van der Waals surface area contributed by atoms with E-state index >= 15 is 0 Å². The van der Waals surface area contributed by atoms with E-state index in [1.165, 1.54) is 11.3 Å². The van der Waals surface area contributed by atoms with Gasteiger partial charge in [-0.1, -0.05) is 30.1 Å². The molecule has 0 spiro atoms. The SMILES string of the molecule is CCCSc1ccc(SNc2ccc(Cl)c3c(Cl)c[nH]c23)cc1. The van der Waals surface area contributed by atoms with Gasteiger partial charge in [0, 0.05) is 21.4 Å². The maximum atomic E-state index is 6.21. The van der Waals surface area contributed by atoms with Gasteiger partial charge < -0.3 is 9.71 Å². The van der Waals surface area contributed by atoms with Crippen LogP contribution in [0.3, 0.4) is 0 Å². The fraction of sp³-hybridized carbons (Fsp3) is 0.176. The first-order valence-electron chi connectivity index (χ1n) is 7.30. The Hall–Kier alpha value is -0.940. The first-order chi connectivity index (χ1) is 11.2. The van der Waals surface area contributed by atoms with E-state index in [2.05, 4.69) is 40.9 Å². The fourth-order valence-corrected chi connectivity index (χ4v) is 4.19. The molecule has 1 heterocycles. The Labute approximate surface area is 154 Å². The number of aromatic amines is 1. The highest BCUT2D eigenvalue weighted by Gasteiger charge is 2.10. The van der Waals surface area contributed by atoms with Crippen LogP contribution in [0.15, 0.2) is 52.4 Å². The number of anilines is 1. The molecule has 0 atom stereocenters. The molecule has 1 aromatic heterocycles. The summed E-state index contributed by atoms with van der Waals surface area (Å²) >= 11 is 15.8. The summed E-state index contributed by atoms with van der Waals surface area (Å²) in [5, 5.41) is 2.14. The zero-order valence-corrected chi connectivity index (χ0v) is 15.7. The molecule has 3 rings (SSSR count). The molecule has 0 aliphatic rings. The zero-order valence-electron chi connectivity index (χ0n) is 12.5. The highest BCUT2D eigenvalue weighted by atomic mass is 35.5. The number of H-pyrrole nitrogens is 1. The summed E-state index contributed by atoms with van der Waals surface area (Å²) in [6.07, 6.45) is 2.95. The second kappa shape index (κ2) is 7.75. The third-order valence-corrected chi connectivity index (χ3v) is 5.97. The molecule has 0 aliphatic carbocycles. The van der Waals surface area contributed by atoms with Crippen LogP contribution in [0.1, 0.15) is 13.3 Å². The third-order valence-electron chi connectivity index (χ3n) is 3.31. The topological polar surface area (TPSA) is 27.8 Å². The van der Waals surface area contributed by atoms with Crippen LogP contribution in [0.2, 0.25) is 10.0 Å². The molecular formula is C17H16Cl2N2S2. The van der Waals surface area contributed by atoms with Crippen LogP contribution >= 0.6 is 46.9 Å². The third kappa shape index (κ3) is 3.94. The number of fused-ring (bicyclic) bond motifs is 1. The van der Waals surface area contributed by atoms with Gasteiger partial charge in [-0.3, -0.25) is 0 Å². The maximum absolute atomic E-state index is 6.21. The highest BCUT2D eigenvalue weighted by Crippen LogP contribution is 2.36. The van der Waals surface area contributed by atoms with Gasteiger partial charge in [-0.05, 0) is 60.5 Å². The van der Waals surface area contributed by atoms with E-state index in [9.17, 15) is 0 Å². The van der Waals surface area contributed by atoms with Crippen LogP contribution < -0.4 is 4.72 Å². The van der Waals surface area contributed by atoms with Gasteiger partial charge in [-0.25, -0.2) is 0 Å². The second-order valence-corrected chi connectivity index (χ2v) is 7.87. The summed E-state index contributed by atoms with van der Waals surface area (Å²) < 4.78 is 3.37. The first kappa shape index (κ1) is 16.9. The van der Waals surface area contributed by atoms with Crippen LogP contribution in [0, 0.1) is 0 Å². The minimum absolute atomic E-state index is 0.635. The van der Waals surface area contributed by atoms with Gasteiger partial charge in [0.15, 0.2) is 0 Å². The Balaban J connectivity index is 1.72. The number of aromatic nitrogens is 1. The van der Waals surface area contributed by atoms with Crippen LogP contribution in [-0.2, 0) is 0 Å². The van der Waals surface area contributed by atoms with Gasteiger partial charge in [0.25, 0.3) is 0 Å². The molecule has 0 unspecified atom stereocenters. The lowest BCUT2D eigenvalue weighted by molar-refractivity contribution is 1.10. The molecule has 2 nitrogen and oxygen atoms in total. The maximum Gasteiger partial charge on any atom is 0.0728 e. The van der Waals surface area contributed by atoms with Crippen LogP contribution in [0.4, 0.5) is 5.69 Å². The Morgan fingerprint density at radius 2 is 1.74 bits per heavy atom. The smallest absolute Gasteiger partial charge is 0.0728 e. The van der Waals surface area contributed by atoms with Gasteiger partial charge in [0.05, 0.1) is 21.2 Å². The number of thioether (sulfide) groups is 1. The molecule has 0 aliphatic heterocycles. The van der Waals surface area contributed by atoms with Crippen molar-refractivity contribution < 1.29 is 0 Å². The number of halogens is 2.